The van der Waals surface area contributed by atoms with E-state index >= 15 is 0 Å². The van der Waals surface area contributed by atoms with Crippen LogP contribution in [0.25, 0.3) is 0 Å². The quantitative estimate of drug-likeness (QED) is 0.762. The molecule has 2 atom stereocenters. The zero-order valence-corrected chi connectivity index (χ0v) is 9.61. The summed E-state index contributed by atoms with van der Waals surface area (Å²) < 4.78 is 0. The fourth-order valence-electron chi connectivity index (χ4n) is 2.41. The van der Waals surface area contributed by atoms with Crippen molar-refractivity contribution in [2.75, 3.05) is 13.1 Å². The molecular formula is C12H22N2O. The molecule has 86 valence electrons. The Morgan fingerprint density at radius 2 is 2.20 bits per heavy atom. The van der Waals surface area contributed by atoms with Crippen molar-refractivity contribution in [3.05, 3.63) is 0 Å². The molecule has 2 rings (SSSR count). The summed E-state index contributed by atoms with van der Waals surface area (Å²) in [6.07, 6.45) is 5.40. The zero-order chi connectivity index (χ0) is 10.8. The number of rotatable bonds is 4. The molecule has 0 spiro atoms. The molecular weight excluding hydrogens is 188 g/mol. The second kappa shape index (κ2) is 4.52. The van der Waals surface area contributed by atoms with Crippen molar-refractivity contribution in [1.29, 1.82) is 0 Å². The van der Waals surface area contributed by atoms with Crippen LogP contribution in [-0.2, 0) is 4.79 Å². The van der Waals surface area contributed by atoms with Crippen molar-refractivity contribution in [2.24, 2.45) is 17.6 Å². The Bertz CT molecular complexity index is 238. The number of likely N-dealkylation sites (tertiary alicyclic amines) is 1. The topological polar surface area (TPSA) is 46.3 Å². The maximum absolute atomic E-state index is 11.9. The number of carbonyl (C=O) groups excluding carboxylic acids is 1. The maximum atomic E-state index is 11.9. The maximum Gasteiger partial charge on any atom is 0.224 e. The summed E-state index contributed by atoms with van der Waals surface area (Å²) in [5.74, 6) is 1.65. The number of nitrogens with two attached hydrogens (primary N) is 1. The summed E-state index contributed by atoms with van der Waals surface area (Å²) in [7, 11) is 0. The molecule has 0 aromatic rings. The van der Waals surface area contributed by atoms with Gasteiger partial charge in [-0.15, -0.1) is 0 Å². The minimum atomic E-state index is 0.123. The number of amides is 1. The van der Waals surface area contributed by atoms with E-state index in [-0.39, 0.29) is 11.9 Å². The minimum Gasteiger partial charge on any atom is -0.342 e. The molecule has 2 N–H and O–H groups in total. The Balaban J connectivity index is 1.75. The molecule has 1 heterocycles. The molecule has 3 nitrogen and oxygen atoms in total. The van der Waals surface area contributed by atoms with Gasteiger partial charge in [-0.25, -0.2) is 0 Å². The fourth-order valence-corrected chi connectivity index (χ4v) is 2.41. The normalized spacial score (nSPS) is 28.1. The predicted molar refractivity (Wildman–Crippen MR) is 60.3 cm³/mol. The molecule has 0 bridgehead atoms. The first-order chi connectivity index (χ1) is 7.20. The Labute approximate surface area is 92.0 Å². The molecule has 1 saturated heterocycles. The Morgan fingerprint density at radius 1 is 1.47 bits per heavy atom. The Morgan fingerprint density at radius 3 is 2.73 bits per heavy atom. The zero-order valence-electron chi connectivity index (χ0n) is 9.61. The van der Waals surface area contributed by atoms with E-state index in [0.717, 1.165) is 19.0 Å². The number of nitrogens with zero attached hydrogens (tertiary/aromatic N) is 1. The molecule has 0 aromatic carbocycles. The van der Waals surface area contributed by atoms with E-state index < -0.39 is 0 Å². The second-order valence-electron chi connectivity index (χ2n) is 5.11. The Kier molecular flexibility index (Phi) is 3.29. The van der Waals surface area contributed by atoms with Crippen LogP contribution >= 0.6 is 0 Å². The smallest absolute Gasteiger partial charge is 0.224 e. The van der Waals surface area contributed by atoms with Gasteiger partial charge in [0.05, 0.1) is 0 Å². The Hall–Kier alpha value is -0.570. The summed E-state index contributed by atoms with van der Waals surface area (Å²) in [5, 5.41) is 0. The van der Waals surface area contributed by atoms with Gasteiger partial charge in [0.25, 0.3) is 0 Å². The van der Waals surface area contributed by atoms with Crippen molar-refractivity contribution < 1.29 is 4.79 Å². The van der Waals surface area contributed by atoms with Crippen LogP contribution in [-0.4, -0.2) is 29.9 Å². The van der Waals surface area contributed by atoms with Gasteiger partial charge < -0.3 is 10.6 Å². The van der Waals surface area contributed by atoms with Gasteiger partial charge in [-0.3, -0.25) is 4.79 Å². The van der Waals surface area contributed by atoms with Crippen LogP contribution in [0.4, 0.5) is 0 Å². The second-order valence-corrected chi connectivity index (χ2v) is 5.11. The molecule has 1 aliphatic carbocycles. The first-order valence-corrected chi connectivity index (χ1v) is 6.24. The van der Waals surface area contributed by atoms with Gasteiger partial charge in [0.1, 0.15) is 0 Å². The summed E-state index contributed by atoms with van der Waals surface area (Å²) >= 11 is 0. The summed E-state index contributed by atoms with van der Waals surface area (Å²) in [4.78, 5) is 13.9. The van der Waals surface area contributed by atoms with Gasteiger partial charge in [-0.2, -0.15) is 0 Å². The van der Waals surface area contributed by atoms with Crippen LogP contribution in [0.3, 0.4) is 0 Å². The lowest BCUT2D eigenvalue weighted by molar-refractivity contribution is -0.130. The van der Waals surface area contributed by atoms with E-state index in [0.29, 0.717) is 12.3 Å². The highest BCUT2D eigenvalue weighted by molar-refractivity contribution is 5.77. The third kappa shape index (κ3) is 2.71. The van der Waals surface area contributed by atoms with Gasteiger partial charge in [-0.1, -0.05) is 13.3 Å². The third-order valence-corrected chi connectivity index (χ3v) is 3.85. The molecule has 0 aromatic heterocycles. The average Bonchev–Trinajstić information content (AvgIpc) is 2.96. The van der Waals surface area contributed by atoms with E-state index in [9.17, 15) is 4.79 Å². The average molecular weight is 210 g/mol. The van der Waals surface area contributed by atoms with E-state index in [2.05, 4.69) is 6.92 Å². The molecule has 0 radical (unpaired) electrons. The van der Waals surface area contributed by atoms with E-state index in [4.69, 9.17) is 5.73 Å². The first kappa shape index (κ1) is 10.9. The van der Waals surface area contributed by atoms with Gasteiger partial charge in [0.2, 0.25) is 5.91 Å². The fraction of sp³-hybridized carbons (Fsp3) is 0.917. The molecule has 1 saturated carbocycles. The van der Waals surface area contributed by atoms with Crippen LogP contribution in [0, 0.1) is 11.8 Å². The largest absolute Gasteiger partial charge is 0.342 e. The lowest BCUT2D eigenvalue weighted by Crippen LogP contribution is -2.35. The molecule has 2 aliphatic rings. The van der Waals surface area contributed by atoms with Crippen molar-refractivity contribution in [3.63, 3.8) is 0 Å². The lowest BCUT2D eigenvalue weighted by atomic mass is 10.1. The van der Waals surface area contributed by atoms with E-state index in [1.165, 1.54) is 25.7 Å². The molecule has 1 amide bonds. The van der Waals surface area contributed by atoms with Crippen LogP contribution in [0.15, 0.2) is 0 Å². The lowest BCUT2D eigenvalue weighted by Gasteiger charge is -2.18. The van der Waals surface area contributed by atoms with Gasteiger partial charge in [0.15, 0.2) is 0 Å². The monoisotopic (exact) mass is 210 g/mol. The number of hydrogen-bond donors (Lipinski definition) is 1. The molecule has 2 unspecified atom stereocenters. The summed E-state index contributed by atoms with van der Waals surface area (Å²) in [6, 6.07) is 0.123. The van der Waals surface area contributed by atoms with Crippen molar-refractivity contribution in [2.45, 2.75) is 45.1 Å². The third-order valence-electron chi connectivity index (χ3n) is 3.85. The van der Waals surface area contributed by atoms with Crippen molar-refractivity contribution >= 4 is 5.91 Å². The predicted octanol–water partition coefficient (Wildman–Crippen LogP) is 1.37. The van der Waals surface area contributed by atoms with Gasteiger partial charge in [-0.05, 0) is 31.1 Å². The number of carbonyl (C=O) groups is 1. The van der Waals surface area contributed by atoms with Crippen LogP contribution < -0.4 is 5.73 Å². The number of hydrogen-bond acceptors (Lipinski definition) is 2. The minimum absolute atomic E-state index is 0.123. The van der Waals surface area contributed by atoms with Crippen LogP contribution in [0.2, 0.25) is 0 Å². The van der Waals surface area contributed by atoms with Gasteiger partial charge in [0, 0.05) is 25.6 Å². The summed E-state index contributed by atoms with van der Waals surface area (Å²) in [5.41, 5.74) is 5.97. The van der Waals surface area contributed by atoms with E-state index in [1.807, 2.05) is 4.90 Å². The van der Waals surface area contributed by atoms with Crippen LogP contribution in [0.5, 0.6) is 0 Å². The van der Waals surface area contributed by atoms with Crippen LogP contribution in [0.1, 0.15) is 39.0 Å². The van der Waals surface area contributed by atoms with Gasteiger partial charge >= 0.3 is 0 Å². The SMILES string of the molecule is CCC1CCN(C(=O)CC(N)C2CC2)C1. The molecule has 1 aliphatic heterocycles. The van der Waals surface area contributed by atoms with Crippen molar-refractivity contribution in [1.82, 2.24) is 4.90 Å². The highest BCUT2D eigenvalue weighted by Gasteiger charge is 2.32. The molecule has 15 heavy (non-hydrogen) atoms. The van der Waals surface area contributed by atoms with E-state index in [1.54, 1.807) is 0 Å². The van der Waals surface area contributed by atoms with Crippen molar-refractivity contribution in [3.8, 4) is 0 Å². The highest BCUT2D eigenvalue weighted by Crippen LogP contribution is 2.33. The highest BCUT2D eigenvalue weighted by atomic mass is 16.2. The first-order valence-electron chi connectivity index (χ1n) is 6.24. The molecule has 3 heteroatoms. The molecule has 2 fully saturated rings. The summed E-state index contributed by atoms with van der Waals surface area (Å²) in [6.45, 7) is 4.12. The standard InChI is InChI=1S/C12H22N2O/c1-2-9-5-6-14(8-9)12(15)7-11(13)10-3-4-10/h9-11H,2-8,13H2,1H3.